The molecule has 2 heterocycles. The van der Waals surface area contributed by atoms with Crippen LogP contribution in [-0.4, -0.2) is 4.98 Å². The van der Waals surface area contributed by atoms with E-state index in [0.29, 0.717) is 0 Å². The topological polar surface area (TPSA) is 29.3 Å². The molecule has 0 radical (unpaired) electrons. The zero-order valence-electron chi connectivity index (χ0n) is 28.7. The van der Waals surface area contributed by atoms with Crippen molar-refractivity contribution in [2.24, 2.45) is 0 Å². The summed E-state index contributed by atoms with van der Waals surface area (Å²) < 4.78 is 7.51. The molecule has 2 aromatic heterocycles. The average Bonchev–Trinajstić information content (AvgIpc) is 3.84. The van der Waals surface area contributed by atoms with Gasteiger partial charge in [0.05, 0.1) is 10.2 Å². The minimum atomic E-state index is 0.882. The van der Waals surface area contributed by atoms with Crippen LogP contribution in [0, 0.1) is 0 Å². The van der Waals surface area contributed by atoms with Crippen LogP contribution < -0.4 is 4.90 Å². The van der Waals surface area contributed by atoms with Crippen LogP contribution in [0.15, 0.2) is 199 Å². The SMILES string of the molecule is c1ccc(-c2nc3ccc4oc5ccc(-c6ccc(N(c7ccccc7)c7ccc(-c8ccccc8-c8ccccc8)cc7)cc6)cc5c4c3s2)cc1. The summed E-state index contributed by atoms with van der Waals surface area (Å²) in [6.07, 6.45) is 0. The van der Waals surface area contributed by atoms with Gasteiger partial charge < -0.3 is 9.32 Å². The molecular weight excluding hydrogens is 665 g/mol. The van der Waals surface area contributed by atoms with Crippen molar-refractivity contribution in [1.82, 2.24) is 4.98 Å². The Hall–Kier alpha value is -6.75. The van der Waals surface area contributed by atoms with Gasteiger partial charge in [-0.1, -0.05) is 133 Å². The van der Waals surface area contributed by atoms with Crippen LogP contribution in [0.4, 0.5) is 17.1 Å². The van der Waals surface area contributed by atoms with Crippen LogP contribution >= 0.6 is 11.3 Å². The van der Waals surface area contributed by atoms with Gasteiger partial charge in [-0.25, -0.2) is 4.98 Å². The number of hydrogen-bond acceptors (Lipinski definition) is 4. The molecule has 8 aromatic carbocycles. The van der Waals surface area contributed by atoms with E-state index in [1.807, 2.05) is 12.1 Å². The van der Waals surface area contributed by atoms with Crippen molar-refractivity contribution in [2.75, 3.05) is 4.90 Å². The Bertz CT molecular complexity index is 2860. The zero-order chi connectivity index (χ0) is 35.1. The molecule has 0 atom stereocenters. The molecule has 0 aliphatic heterocycles. The van der Waals surface area contributed by atoms with E-state index < -0.39 is 0 Å². The lowest BCUT2D eigenvalue weighted by Crippen LogP contribution is -2.09. The number of para-hydroxylation sites is 1. The Morgan fingerprint density at radius 1 is 0.415 bits per heavy atom. The molecule has 0 N–H and O–H groups in total. The Labute approximate surface area is 311 Å². The molecule has 4 heteroatoms. The zero-order valence-corrected chi connectivity index (χ0v) is 29.5. The second-order valence-corrected chi connectivity index (χ2v) is 14.2. The number of furan rings is 1. The molecule has 0 aliphatic carbocycles. The first-order valence-corrected chi connectivity index (χ1v) is 18.6. The molecule has 0 bridgehead atoms. The predicted molar refractivity (Wildman–Crippen MR) is 223 cm³/mol. The lowest BCUT2D eigenvalue weighted by Gasteiger charge is -2.26. The summed E-state index contributed by atoms with van der Waals surface area (Å²) in [6, 6.07) is 68.6. The van der Waals surface area contributed by atoms with E-state index >= 15 is 0 Å². The number of fused-ring (bicyclic) bond motifs is 5. The number of rotatable bonds is 7. The first-order chi connectivity index (χ1) is 26.3. The molecule has 3 nitrogen and oxygen atoms in total. The second-order valence-electron chi connectivity index (χ2n) is 13.2. The van der Waals surface area contributed by atoms with Crippen LogP contribution in [0.1, 0.15) is 0 Å². The lowest BCUT2D eigenvalue weighted by molar-refractivity contribution is 0.669. The summed E-state index contributed by atoms with van der Waals surface area (Å²) in [7, 11) is 0. The number of anilines is 3. The van der Waals surface area contributed by atoms with Crippen molar-refractivity contribution in [3.05, 3.63) is 194 Å². The highest BCUT2D eigenvalue weighted by Crippen LogP contribution is 2.42. The van der Waals surface area contributed by atoms with Crippen LogP contribution in [0.2, 0.25) is 0 Å². The fraction of sp³-hybridized carbons (Fsp3) is 0. The number of nitrogens with zero attached hydrogens (tertiary/aromatic N) is 2. The van der Waals surface area contributed by atoms with Crippen molar-refractivity contribution in [1.29, 1.82) is 0 Å². The van der Waals surface area contributed by atoms with E-state index in [1.54, 1.807) is 11.3 Å². The van der Waals surface area contributed by atoms with Crippen molar-refractivity contribution in [3.8, 4) is 44.0 Å². The number of hydrogen-bond donors (Lipinski definition) is 0. The van der Waals surface area contributed by atoms with E-state index in [1.165, 1.54) is 22.3 Å². The molecule has 10 rings (SSSR count). The third-order valence-corrected chi connectivity index (χ3v) is 11.1. The van der Waals surface area contributed by atoms with Crippen LogP contribution in [0.5, 0.6) is 0 Å². The quantitative estimate of drug-likeness (QED) is 0.166. The van der Waals surface area contributed by atoms with Gasteiger partial charge >= 0.3 is 0 Å². The van der Waals surface area contributed by atoms with Gasteiger partial charge in [0.2, 0.25) is 0 Å². The second kappa shape index (κ2) is 13.1. The van der Waals surface area contributed by atoms with Gasteiger partial charge in [-0.2, -0.15) is 0 Å². The fourth-order valence-corrected chi connectivity index (χ4v) is 8.47. The highest BCUT2D eigenvalue weighted by molar-refractivity contribution is 7.22. The van der Waals surface area contributed by atoms with Crippen LogP contribution in [0.3, 0.4) is 0 Å². The maximum absolute atomic E-state index is 6.35. The van der Waals surface area contributed by atoms with Gasteiger partial charge in [0.1, 0.15) is 16.2 Å². The summed E-state index contributed by atoms with van der Waals surface area (Å²) >= 11 is 1.72. The van der Waals surface area contributed by atoms with Crippen molar-refractivity contribution >= 4 is 60.6 Å². The van der Waals surface area contributed by atoms with Gasteiger partial charge in [0, 0.05) is 33.4 Å². The van der Waals surface area contributed by atoms with E-state index in [9.17, 15) is 0 Å². The fourth-order valence-electron chi connectivity index (χ4n) is 7.35. The lowest BCUT2D eigenvalue weighted by atomic mass is 9.94. The maximum Gasteiger partial charge on any atom is 0.137 e. The summed E-state index contributed by atoms with van der Waals surface area (Å²) in [5, 5.41) is 3.25. The molecule has 0 saturated heterocycles. The van der Waals surface area contributed by atoms with Gasteiger partial charge in [-0.3, -0.25) is 0 Å². The Balaban J connectivity index is 1.01. The molecule has 250 valence electrons. The predicted octanol–water partition coefficient (Wildman–Crippen LogP) is 14.3. The van der Waals surface area contributed by atoms with E-state index in [0.717, 1.165) is 70.9 Å². The Morgan fingerprint density at radius 3 is 1.58 bits per heavy atom. The van der Waals surface area contributed by atoms with Gasteiger partial charge in [0.25, 0.3) is 0 Å². The largest absolute Gasteiger partial charge is 0.456 e. The first-order valence-electron chi connectivity index (χ1n) is 17.8. The smallest absolute Gasteiger partial charge is 0.137 e. The number of aromatic nitrogens is 1. The van der Waals surface area contributed by atoms with Crippen molar-refractivity contribution in [3.63, 3.8) is 0 Å². The molecule has 10 aromatic rings. The molecule has 0 fully saturated rings. The van der Waals surface area contributed by atoms with Crippen molar-refractivity contribution < 1.29 is 4.42 Å². The van der Waals surface area contributed by atoms with Gasteiger partial charge in [0.15, 0.2) is 0 Å². The summed E-state index contributed by atoms with van der Waals surface area (Å²) in [5.74, 6) is 0. The summed E-state index contributed by atoms with van der Waals surface area (Å²) in [4.78, 5) is 7.30. The average molecular weight is 697 g/mol. The Morgan fingerprint density at radius 2 is 0.925 bits per heavy atom. The summed E-state index contributed by atoms with van der Waals surface area (Å²) in [5.41, 5.74) is 14.3. The van der Waals surface area contributed by atoms with Crippen molar-refractivity contribution in [2.45, 2.75) is 0 Å². The van der Waals surface area contributed by atoms with Gasteiger partial charge in [-0.05, 0) is 94.0 Å². The standard InChI is InChI=1S/C49H32N2OS/c1-4-12-34(13-5-1)41-18-10-11-19-42(41)35-22-27-40(28-23-35)51(38-16-8-3-9-17-38)39-25-20-33(21-26-39)37-24-30-45-43(32-37)47-46(52-45)31-29-44-48(47)53-49(50-44)36-14-6-2-7-15-36/h1-32H. The maximum atomic E-state index is 6.35. The number of thiazole rings is 1. The first kappa shape index (κ1) is 31.0. The highest BCUT2D eigenvalue weighted by Gasteiger charge is 2.17. The molecule has 0 unspecified atom stereocenters. The third kappa shape index (κ3) is 5.66. The van der Waals surface area contributed by atoms with E-state index in [2.05, 4.69) is 187 Å². The number of benzene rings is 8. The third-order valence-electron chi connectivity index (χ3n) is 9.93. The van der Waals surface area contributed by atoms with E-state index in [4.69, 9.17) is 9.40 Å². The monoisotopic (exact) mass is 696 g/mol. The Kier molecular flexibility index (Phi) is 7.67. The van der Waals surface area contributed by atoms with E-state index in [-0.39, 0.29) is 0 Å². The molecule has 0 aliphatic rings. The van der Waals surface area contributed by atoms with Crippen LogP contribution in [0.25, 0.3) is 76.1 Å². The molecule has 53 heavy (non-hydrogen) atoms. The summed E-state index contributed by atoms with van der Waals surface area (Å²) in [6.45, 7) is 0. The minimum Gasteiger partial charge on any atom is -0.456 e. The molecule has 0 saturated carbocycles. The molecule has 0 spiro atoms. The molecular formula is C49H32N2OS. The van der Waals surface area contributed by atoms with Crippen LogP contribution in [-0.2, 0) is 0 Å². The minimum absolute atomic E-state index is 0.882. The highest BCUT2D eigenvalue weighted by atomic mass is 32.1. The van der Waals surface area contributed by atoms with Gasteiger partial charge in [-0.15, -0.1) is 11.3 Å². The molecule has 0 amide bonds. The normalized spacial score (nSPS) is 11.4.